The summed E-state index contributed by atoms with van der Waals surface area (Å²) in [6.07, 6.45) is 3.93. The largest absolute Gasteiger partial charge is 0.390 e. The van der Waals surface area contributed by atoms with Gasteiger partial charge in [-0.3, -0.25) is 0 Å². The van der Waals surface area contributed by atoms with E-state index in [2.05, 4.69) is 0 Å². The van der Waals surface area contributed by atoms with E-state index in [9.17, 15) is 5.11 Å². The number of rotatable bonds is 4. The Morgan fingerprint density at radius 3 is 2.38 bits per heavy atom. The first-order valence-corrected chi connectivity index (χ1v) is 5.07. The third kappa shape index (κ3) is 2.03. The zero-order valence-electron chi connectivity index (χ0n) is 8.62. The highest BCUT2D eigenvalue weighted by Gasteiger charge is 2.41. The molecule has 3 nitrogen and oxygen atoms in total. The van der Waals surface area contributed by atoms with Gasteiger partial charge in [-0.05, 0) is 19.8 Å². The van der Waals surface area contributed by atoms with E-state index in [-0.39, 0.29) is 11.5 Å². The highest BCUT2D eigenvalue weighted by atomic mass is 16.5. The Balaban J connectivity index is 2.64. The molecule has 0 amide bonds. The highest BCUT2D eigenvalue weighted by Crippen LogP contribution is 2.41. The van der Waals surface area contributed by atoms with Gasteiger partial charge in [-0.25, -0.2) is 0 Å². The van der Waals surface area contributed by atoms with Crippen molar-refractivity contribution in [2.45, 2.75) is 44.8 Å². The van der Waals surface area contributed by atoms with Crippen LogP contribution in [0.3, 0.4) is 0 Å². The fraction of sp³-hybridized carbons (Fsp3) is 1.00. The molecule has 0 aromatic rings. The van der Waals surface area contributed by atoms with Crippen molar-refractivity contribution >= 4 is 0 Å². The van der Waals surface area contributed by atoms with E-state index in [4.69, 9.17) is 10.5 Å². The van der Waals surface area contributed by atoms with Crippen LogP contribution in [0.25, 0.3) is 0 Å². The lowest BCUT2D eigenvalue weighted by molar-refractivity contribution is -0.0693. The first-order valence-electron chi connectivity index (χ1n) is 5.07. The quantitative estimate of drug-likeness (QED) is 0.687. The molecule has 3 N–H and O–H groups in total. The lowest BCUT2D eigenvalue weighted by Crippen LogP contribution is -2.45. The van der Waals surface area contributed by atoms with Gasteiger partial charge in [0.25, 0.3) is 0 Å². The first kappa shape index (κ1) is 11.0. The Morgan fingerprint density at radius 1 is 1.46 bits per heavy atom. The van der Waals surface area contributed by atoms with E-state index < -0.39 is 6.10 Å². The molecule has 1 saturated carbocycles. The van der Waals surface area contributed by atoms with Crippen LogP contribution in [0.5, 0.6) is 0 Å². The van der Waals surface area contributed by atoms with Gasteiger partial charge in [-0.15, -0.1) is 0 Å². The van der Waals surface area contributed by atoms with Gasteiger partial charge in [0.2, 0.25) is 0 Å². The number of methoxy groups -OCH3 is 1. The zero-order chi connectivity index (χ0) is 9.90. The molecule has 0 heterocycles. The van der Waals surface area contributed by atoms with Crippen LogP contribution in [0.15, 0.2) is 0 Å². The Labute approximate surface area is 80.3 Å². The third-order valence-electron chi connectivity index (χ3n) is 3.45. The molecule has 0 aromatic heterocycles. The summed E-state index contributed by atoms with van der Waals surface area (Å²) in [4.78, 5) is 0. The van der Waals surface area contributed by atoms with E-state index in [0.717, 1.165) is 12.8 Å². The van der Waals surface area contributed by atoms with Gasteiger partial charge in [0, 0.05) is 19.1 Å². The number of aliphatic hydroxyl groups excluding tert-OH is 1. The maximum atomic E-state index is 10.1. The Morgan fingerprint density at radius 2 is 2.00 bits per heavy atom. The molecule has 0 aliphatic heterocycles. The summed E-state index contributed by atoms with van der Waals surface area (Å²) in [5, 5.41) is 10.1. The molecule has 2 atom stereocenters. The lowest BCUT2D eigenvalue weighted by Gasteiger charge is -2.35. The van der Waals surface area contributed by atoms with Crippen molar-refractivity contribution in [3.05, 3.63) is 0 Å². The Kier molecular flexibility index (Phi) is 3.71. The van der Waals surface area contributed by atoms with Crippen LogP contribution in [0.4, 0.5) is 0 Å². The van der Waals surface area contributed by atoms with E-state index in [1.165, 1.54) is 12.8 Å². The number of hydrogen-bond acceptors (Lipinski definition) is 3. The molecule has 1 fully saturated rings. The second kappa shape index (κ2) is 4.40. The van der Waals surface area contributed by atoms with Crippen LogP contribution < -0.4 is 5.73 Å². The number of nitrogens with two attached hydrogens (primary N) is 1. The molecule has 2 unspecified atom stereocenters. The molecule has 0 saturated heterocycles. The van der Waals surface area contributed by atoms with Crippen LogP contribution in [0.1, 0.15) is 32.6 Å². The summed E-state index contributed by atoms with van der Waals surface area (Å²) in [6, 6.07) is 0. The third-order valence-corrected chi connectivity index (χ3v) is 3.45. The maximum absolute atomic E-state index is 10.1. The minimum Gasteiger partial charge on any atom is -0.390 e. The Hall–Kier alpha value is -0.120. The van der Waals surface area contributed by atoms with E-state index in [1.54, 1.807) is 7.11 Å². The van der Waals surface area contributed by atoms with E-state index in [1.807, 2.05) is 6.92 Å². The van der Waals surface area contributed by atoms with Crippen LogP contribution >= 0.6 is 0 Å². The zero-order valence-corrected chi connectivity index (χ0v) is 8.62. The van der Waals surface area contributed by atoms with Gasteiger partial charge in [0.15, 0.2) is 0 Å². The van der Waals surface area contributed by atoms with Crippen molar-refractivity contribution in [1.82, 2.24) is 0 Å². The van der Waals surface area contributed by atoms with Gasteiger partial charge < -0.3 is 15.6 Å². The number of aliphatic hydroxyl groups is 1. The summed E-state index contributed by atoms with van der Waals surface area (Å²) in [5.41, 5.74) is 5.67. The van der Waals surface area contributed by atoms with Gasteiger partial charge in [-0.2, -0.15) is 0 Å². The fourth-order valence-electron chi connectivity index (χ4n) is 2.33. The highest BCUT2D eigenvalue weighted by molar-refractivity contribution is 4.93. The smallest absolute Gasteiger partial charge is 0.0867 e. The van der Waals surface area contributed by atoms with Crippen LogP contribution in [0.2, 0.25) is 0 Å². The summed E-state index contributed by atoms with van der Waals surface area (Å²) < 4.78 is 5.15. The minimum atomic E-state index is -0.412. The van der Waals surface area contributed by atoms with Crippen molar-refractivity contribution in [3.8, 4) is 0 Å². The number of ether oxygens (including phenoxy) is 1. The average Bonchev–Trinajstić information content (AvgIpc) is 2.65. The van der Waals surface area contributed by atoms with Crippen LogP contribution in [-0.2, 0) is 4.74 Å². The number of hydrogen-bond donors (Lipinski definition) is 2. The normalized spacial score (nSPS) is 25.8. The second-order valence-electron chi connectivity index (χ2n) is 4.16. The summed E-state index contributed by atoms with van der Waals surface area (Å²) in [5.74, 6) is 0. The standard InChI is InChI=1S/C10H21NO2/c1-8(13-2)9(12)10(7-11)5-3-4-6-10/h8-9,12H,3-7,11H2,1-2H3. The van der Waals surface area contributed by atoms with Crippen molar-refractivity contribution in [2.24, 2.45) is 11.1 Å². The van der Waals surface area contributed by atoms with E-state index in [0.29, 0.717) is 6.54 Å². The molecule has 78 valence electrons. The summed E-state index contributed by atoms with van der Waals surface area (Å²) in [6.45, 7) is 2.47. The average molecular weight is 187 g/mol. The van der Waals surface area contributed by atoms with Gasteiger partial charge in [0.1, 0.15) is 0 Å². The molecule has 0 radical (unpaired) electrons. The molecule has 0 aromatic carbocycles. The molecule has 1 aliphatic carbocycles. The summed E-state index contributed by atoms with van der Waals surface area (Å²) in [7, 11) is 1.63. The molecular formula is C10H21NO2. The lowest BCUT2D eigenvalue weighted by atomic mass is 9.78. The molecule has 1 aliphatic rings. The van der Waals surface area contributed by atoms with Crippen LogP contribution in [0, 0.1) is 5.41 Å². The minimum absolute atomic E-state index is 0.0740. The topological polar surface area (TPSA) is 55.5 Å². The maximum Gasteiger partial charge on any atom is 0.0867 e. The molecular weight excluding hydrogens is 166 g/mol. The predicted octanol–water partition coefficient (Wildman–Crippen LogP) is 0.901. The van der Waals surface area contributed by atoms with Gasteiger partial charge in [0.05, 0.1) is 12.2 Å². The molecule has 0 spiro atoms. The monoisotopic (exact) mass is 187 g/mol. The predicted molar refractivity (Wildman–Crippen MR) is 52.4 cm³/mol. The SMILES string of the molecule is COC(C)C(O)C1(CN)CCCC1. The first-order chi connectivity index (χ1) is 6.16. The van der Waals surface area contributed by atoms with E-state index >= 15 is 0 Å². The van der Waals surface area contributed by atoms with Crippen molar-refractivity contribution in [2.75, 3.05) is 13.7 Å². The molecule has 0 bridgehead atoms. The van der Waals surface area contributed by atoms with Gasteiger partial charge in [-0.1, -0.05) is 12.8 Å². The van der Waals surface area contributed by atoms with Crippen molar-refractivity contribution in [1.29, 1.82) is 0 Å². The Bertz CT molecular complexity index is 155. The fourth-order valence-corrected chi connectivity index (χ4v) is 2.33. The summed E-state index contributed by atoms with van der Waals surface area (Å²) >= 11 is 0. The van der Waals surface area contributed by atoms with Crippen molar-refractivity contribution < 1.29 is 9.84 Å². The second-order valence-corrected chi connectivity index (χ2v) is 4.16. The van der Waals surface area contributed by atoms with Crippen molar-refractivity contribution in [3.63, 3.8) is 0 Å². The molecule has 13 heavy (non-hydrogen) atoms. The molecule has 1 rings (SSSR count). The van der Waals surface area contributed by atoms with Crippen LogP contribution in [-0.4, -0.2) is 31.0 Å². The molecule has 3 heteroatoms. The van der Waals surface area contributed by atoms with Gasteiger partial charge >= 0.3 is 0 Å².